The van der Waals surface area contributed by atoms with Crippen molar-refractivity contribution in [2.75, 3.05) is 5.73 Å². The Hall–Kier alpha value is -1.51. The van der Waals surface area contributed by atoms with Crippen LogP contribution in [-0.2, 0) is 6.54 Å². The monoisotopic (exact) mass is 269 g/mol. The lowest BCUT2D eigenvalue weighted by Gasteiger charge is -2.25. The Balaban J connectivity index is 1.81. The van der Waals surface area contributed by atoms with Gasteiger partial charge in [-0.2, -0.15) is 0 Å². The third kappa shape index (κ3) is 2.00. The molecule has 1 heterocycles. The summed E-state index contributed by atoms with van der Waals surface area (Å²) in [5.41, 5.74) is 9.54. The van der Waals surface area contributed by atoms with Gasteiger partial charge in [0, 0.05) is 18.2 Å². The molecule has 2 aromatic rings. The summed E-state index contributed by atoms with van der Waals surface area (Å²) in [7, 11) is 0. The topological polar surface area (TPSA) is 43.8 Å². The second-order valence-corrected chi connectivity index (χ2v) is 7.10. The summed E-state index contributed by atoms with van der Waals surface area (Å²) in [5.74, 6) is 1.99. The first kappa shape index (κ1) is 12.2. The summed E-state index contributed by atoms with van der Waals surface area (Å²) >= 11 is 0. The number of imidazole rings is 1. The molecule has 2 N–H and O–H groups in total. The highest BCUT2D eigenvalue weighted by atomic mass is 15.1. The Morgan fingerprint density at radius 2 is 2.05 bits per heavy atom. The fraction of sp³-hybridized carbons (Fsp3) is 0.588. The summed E-state index contributed by atoms with van der Waals surface area (Å²) in [5, 5.41) is 0. The van der Waals surface area contributed by atoms with E-state index in [1.165, 1.54) is 49.9 Å². The average Bonchev–Trinajstić information content (AvgIpc) is 3.09. The predicted octanol–water partition coefficient (Wildman–Crippen LogP) is 4.08. The van der Waals surface area contributed by atoms with Crippen LogP contribution in [-0.4, -0.2) is 9.55 Å². The largest absolute Gasteiger partial charge is 0.399 e. The van der Waals surface area contributed by atoms with Gasteiger partial charge in [0.1, 0.15) is 5.82 Å². The zero-order valence-corrected chi connectivity index (χ0v) is 12.2. The molecule has 0 spiro atoms. The number of hydrogen-bond donors (Lipinski definition) is 1. The highest BCUT2D eigenvalue weighted by molar-refractivity contribution is 5.80. The van der Waals surface area contributed by atoms with Crippen LogP contribution in [0.5, 0.6) is 0 Å². The van der Waals surface area contributed by atoms with Gasteiger partial charge < -0.3 is 10.3 Å². The summed E-state index contributed by atoms with van der Waals surface area (Å²) in [6, 6.07) is 6.19. The van der Waals surface area contributed by atoms with Crippen molar-refractivity contribution in [3.05, 3.63) is 24.0 Å². The van der Waals surface area contributed by atoms with Crippen LogP contribution in [0.2, 0.25) is 0 Å². The van der Waals surface area contributed by atoms with E-state index in [0.717, 1.165) is 17.7 Å². The van der Waals surface area contributed by atoms with E-state index in [4.69, 9.17) is 10.7 Å². The maximum Gasteiger partial charge on any atom is 0.113 e. The van der Waals surface area contributed by atoms with Crippen molar-refractivity contribution >= 4 is 16.7 Å². The quantitative estimate of drug-likeness (QED) is 0.853. The number of hydrogen-bond acceptors (Lipinski definition) is 2. The maximum absolute atomic E-state index is 5.92. The lowest BCUT2D eigenvalue weighted by molar-refractivity contribution is 0.281. The average molecular weight is 269 g/mol. The molecule has 3 nitrogen and oxygen atoms in total. The summed E-state index contributed by atoms with van der Waals surface area (Å²) in [6.07, 6.45) is 8.08. The van der Waals surface area contributed by atoms with Crippen LogP contribution in [0.25, 0.3) is 11.0 Å². The molecule has 1 aromatic heterocycles. The third-order valence-corrected chi connectivity index (χ3v) is 5.09. The molecule has 2 saturated carbocycles. The lowest BCUT2D eigenvalue weighted by Crippen LogP contribution is -2.20. The van der Waals surface area contributed by atoms with Crippen molar-refractivity contribution in [1.29, 1.82) is 0 Å². The van der Waals surface area contributed by atoms with Crippen molar-refractivity contribution < 1.29 is 0 Å². The Kier molecular flexibility index (Phi) is 2.60. The highest BCUT2D eigenvalue weighted by Crippen LogP contribution is 2.44. The van der Waals surface area contributed by atoms with Crippen LogP contribution in [0, 0.1) is 5.41 Å². The van der Waals surface area contributed by atoms with Crippen molar-refractivity contribution in [3.8, 4) is 0 Å². The lowest BCUT2D eigenvalue weighted by atomic mass is 9.88. The van der Waals surface area contributed by atoms with Crippen LogP contribution < -0.4 is 5.73 Å². The molecule has 20 heavy (non-hydrogen) atoms. The van der Waals surface area contributed by atoms with E-state index in [0.29, 0.717) is 11.3 Å². The van der Waals surface area contributed by atoms with Gasteiger partial charge in [-0.1, -0.05) is 19.8 Å². The number of nitrogens with two attached hydrogens (primary N) is 1. The molecule has 4 rings (SSSR count). The Morgan fingerprint density at radius 3 is 2.75 bits per heavy atom. The highest BCUT2D eigenvalue weighted by Gasteiger charge is 2.34. The van der Waals surface area contributed by atoms with E-state index in [1.807, 2.05) is 12.1 Å². The summed E-state index contributed by atoms with van der Waals surface area (Å²) < 4.78 is 2.50. The minimum atomic E-state index is 0.457. The number of nitrogens with zero attached hydrogens (tertiary/aromatic N) is 2. The van der Waals surface area contributed by atoms with E-state index in [2.05, 4.69) is 17.6 Å². The molecule has 0 amide bonds. The van der Waals surface area contributed by atoms with Crippen molar-refractivity contribution in [2.45, 2.75) is 57.9 Å². The van der Waals surface area contributed by atoms with E-state index in [9.17, 15) is 0 Å². The molecule has 0 saturated heterocycles. The van der Waals surface area contributed by atoms with Crippen LogP contribution in [0.3, 0.4) is 0 Å². The van der Waals surface area contributed by atoms with Crippen LogP contribution in [0.4, 0.5) is 5.69 Å². The molecule has 0 atom stereocenters. The number of anilines is 1. The SMILES string of the molecule is CC1(Cn2c(C3CC3)nc3cc(N)ccc32)CCCC1. The number of rotatable bonds is 3. The van der Waals surface area contributed by atoms with E-state index in [-0.39, 0.29) is 0 Å². The van der Waals surface area contributed by atoms with E-state index >= 15 is 0 Å². The molecule has 2 aliphatic rings. The molecule has 1 aromatic carbocycles. The first-order chi connectivity index (χ1) is 9.65. The molecule has 0 unspecified atom stereocenters. The summed E-state index contributed by atoms with van der Waals surface area (Å²) in [6.45, 7) is 3.57. The molecule has 2 aliphatic carbocycles. The second-order valence-electron chi connectivity index (χ2n) is 7.10. The summed E-state index contributed by atoms with van der Waals surface area (Å²) in [4.78, 5) is 4.89. The minimum Gasteiger partial charge on any atom is -0.399 e. The molecular weight excluding hydrogens is 246 g/mol. The molecular formula is C17H23N3. The standard InChI is InChI=1S/C17H23N3/c1-17(8-2-3-9-17)11-20-15-7-6-13(18)10-14(15)19-16(20)12-4-5-12/h6-7,10,12H,2-5,8-9,11,18H2,1H3. The van der Waals surface area contributed by atoms with Crippen LogP contribution in [0.15, 0.2) is 18.2 Å². The van der Waals surface area contributed by atoms with Gasteiger partial charge in [0.2, 0.25) is 0 Å². The molecule has 2 fully saturated rings. The van der Waals surface area contributed by atoms with Gasteiger partial charge in [0.25, 0.3) is 0 Å². The normalized spacial score (nSPS) is 21.6. The number of aromatic nitrogens is 2. The Labute approximate surface area is 120 Å². The fourth-order valence-corrected chi connectivity index (χ4v) is 3.75. The zero-order chi connectivity index (χ0) is 13.7. The number of benzene rings is 1. The molecule has 0 bridgehead atoms. The number of fused-ring (bicyclic) bond motifs is 1. The minimum absolute atomic E-state index is 0.457. The van der Waals surface area contributed by atoms with Gasteiger partial charge in [-0.05, 0) is 49.3 Å². The van der Waals surface area contributed by atoms with Crippen molar-refractivity contribution in [3.63, 3.8) is 0 Å². The smallest absolute Gasteiger partial charge is 0.113 e. The zero-order valence-electron chi connectivity index (χ0n) is 12.2. The molecule has 3 heteroatoms. The first-order valence-electron chi connectivity index (χ1n) is 7.90. The molecule has 106 valence electrons. The van der Waals surface area contributed by atoms with Gasteiger partial charge >= 0.3 is 0 Å². The first-order valence-corrected chi connectivity index (χ1v) is 7.90. The van der Waals surface area contributed by atoms with E-state index in [1.54, 1.807) is 0 Å². The number of nitrogen functional groups attached to an aromatic ring is 1. The van der Waals surface area contributed by atoms with Gasteiger partial charge in [-0.15, -0.1) is 0 Å². The van der Waals surface area contributed by atoms with Crippen molar-refractivity contribution in [2.24, 2.45) is 5.41 Å². The second kappa shape index (κ2) is 4.24. The van der Waals surface area contributed by atoms with Gasteiger partial charge in [0.05, 0.1) is 11.0 Å². The fourth-order valence-electron chi connectivity index (χ4n) is 3.75. The maximum atomic E-state index is 5.92. The third-order valence-electron chi connectivity index (χ3n) is 5.09. The van der Waals surface area contributed by atoms with Crippen molar-refractivity contribution in [1.82, 2.24) is 9.55 Å². The molecule has 0 radical (unpaired) electrons. The van der Waals surface area contributed by atoms with Gasteiger partial charge in [-0.25, -0.2) is 4.98 Å². The Morgan fingerprint density at radius 1 is 1.30 bits per heavy atom. The Bertz CT molecular complexity index is 646. The molecule has 0 aliphatic heterocycles. The van der Waals surface area contributed by atoms with Crippen LogP contribution >= 0.6 is 0 Å². The van der Waals surface area contributed by atoms with Gasteiger partial charge in [0.15, 0.2) is 0 Å². The van der Waals surface area contributed by atoms with Crippen LogP contribution in [0.1, 0.15) is 57.2 Å². The van der Waals surface area contributed by atoms with E-state index < -0.39 is 0 Å². The predicted molar refractivity (Wildman–Crippen MR) is 82.7 cm³/mol. The van der Waals surface area contributed by atoms with Gasteiger partial charge in [-0.3, -0.25) is 0 Å².